The molecule has 0 aromatic heterocycles. The molecule has 0 atom stereocenters. The van der Waals surface area contributed by atoms with Crippen molar-refractivity contribution in [1.29, 1.82) is 0 Å². The number of hydrogen-bond acceptors (Lipinski definition) is 3. The molecule has 2 N–H and O–H groups in total. The molecule has 5 heteroatoms. The van der Waals surface area contributed by atoms with Gasteiger partial charge in [-0.2, -0.15) is 0 Å². The van der Waals surface area contributed by atoms with Crippen LogP contribution in [0.1, 0.15) is 41.5 Å². The van der Waals surface area contributed by atoms with Crippen molar-refractivity contribution in [3.8, 4) is 0 Å². The minimum Gasteiger partial charge on any atom is -0.693 e. The largest absolute Gasteiger partial charge is 2.00 e. The molecule has 1 radical (unpaired) electrons. The molecule has 115 valence electrons. The topological polar surface area (TPSA) is 43.2 Å². The summed E-state index contributed by atoms with van der Waals surface area (Å²) in [6, 6.07) is 0. The number of nitrogens with two attached hydrogens (primary N) is 1. The minimum atomic E-state index is -0.198. The fraction of sp³-hybridized carbons (Fsp3) is 0.929. The number of nitrogens with zero attached hydrogens (tertiary/aromatic N) is 3. The first-order valence-corrected chi connectivity index (χ1v) is 7.16. The van der Waals surface area contributed by atoms with E-state index in [0.717, 1.165) is 39.3 Å². The Labute approximate surface area is 137 Å². The van der Waals surface area contributed by atoms with Crippen molar-refractivity contribution in [2.24, 2.45) is 0 Å². The van der Waals surface area contributed by atoms with E-state index in [1.807, 2.05) is 0 Å². The third-order valence-electron chi connectivity index (χ3n) is 3.81. The van der Waals surface area contributed by atoms with Crippen molar-refractivity contribution in [2.45, 2.75) is 47.3 Å². The van der Waals surface area contributed by atoms with E-state index in [1.165, 1.54) is 0 Å². The Bertz CT molecular complexity index is 159. The van der Waals surface area contributed by atoms with Crippen LogP contribution < -0.4 is 0 Å². The summed E-state index contributed by atoms with van der Waals surface area (Å²) < 4.78 is 0. The fourth-order valence-electron chi connectivity index (χ4n) is 2.79. The predicted molar refractivity (Wildman–Crippen MR) is 82.1 cm³/mol. The monoisotopic (exact) mass is 439 g/mol. The van der Waals surface area contributed by atoms with Crippen LogP contribution in [0.2, 0.25) is 0 Å². The van der Waals surface area contributed by atoms with Crippen molar-refractivity contribution < 1.29 is 22.4 Å². The normalized spacial score (nSPS) is 11.7. The van der Waals surface area contributed by atoms with Gasteiger partial charge in [0.2, 0.25) is 0 Å². The van der Waals surface area contributed by atoms with E-state index in [9.17, 15) is 0 Å². The molecule has 0 heterocycles. The first-order valence-electron chi connectivity index (χ1n) is 7.16. The molecule has 0 saturated heterocycles. The maximum Gasteiger partial charge on any atom is 2.00 e. The Kier molecular flexibility index (Phi) is 16.0. The molecule has 4 nitrogen and oxygen atoms in total. The maximum absolute atomic E-state index is 4.57. The molecule has 0 aliphatic heterocycles. The maximum atomic E-state index is 4.57. The smallest absolute Gasteiger partial charge is 0.693 e. The average Bonchev–Trinajstić information content (AvgIpc) is 2.33. The molecule has 0 bridgehead atoms. The molecule has 0 aromatic carbocycles. The van der Waals surface area contributed by atoms with Crippen LogP contribution in [0, 0.1) is 6.92 Å². The van der Waals surface area contributed by atoms with Crippen LogP contribution in [0.4, 0.5) is 0 Å². The minimum absolute atomic E-state index is 0. The Morgan fingerprint density at radius 1 is 0.632 bits per heavy atom. The molecule has 0 fully saturated rings. The first-order chi connectivity index (χ1) is 8.06. The zero-order valence-electron chi connectivity index (χ0n) is 13.8. The summed E-state index contributed by atoms with van der Waals surface area (Å²) >= 11 is 0. The van der Waals surface area contributed by atoms with E-state index < -0.39 is 0 Å². The standard InChI is InChI=1S/C14H32N3.H2N.Ta/c1-8-15(9-2)14(7,16(10-3)11-4)17(12-5)13-6;;/h7-13H2,1-6H3;1H2;/q2*-1;+2. The van der Waals surface area contributed by atoms with Gasteiger partial charge in [0.25, 0.3) is 0 Å². The van der Waals surface area contributed by atoms with Gasteiger partial charge in [0.1, 0.15) is 0 Å². The zero-order chi connectivity index (χ0) is 13.5. The van der Waals surface area contributed by atoms with Crippen molar-refractivity contribution >= 4 is 0 Å². The first kappa shape index (κ1) is 24.6. The second-order valence-electron chi connectivity index (χ2n) is 4.29. The van der Waals surface area contributed by atoms with Crippen LogP contribution in [0.5, 0.6) is 0 Å². The van der Waals surface area contributed by atoms with Crippen LogP contribution in [0.25, 0.3) is 6.15 Å². The van der Waals surface area contributed by atoms with E-state index in [1.54, 1.807) is 0 Å². The van der Waals surface area contributed by atoms with Crippen LogP contribution in [-0.2, 0) is 22.4 Å². The number of hydrogen-bond donors (Lipinski definition) is 0. The molecule has 0 aliphatic carbocycles. The summed E-state index contributed by atoms with van der Waals surface area (Å²) in [6.45, 7) is 24.1. The van der Waals surface area contributed by atoms with Gasteiger partial charge in [-0.05, 0) is 45.1 Å². The van der Waals surface area contributed by atoms with E-state index in [-0.39, 0.29) is 34.3 Å². The van der Waals surface area contributed by atoms with Gasteiger partial charge in [-0.25, -0.2) is 0 Å². The molecule has 0 aliphatic rings. The van der Waals surface area contributed by atoms with Crippen LogP contribution in [0.3, 0.4) is 0 Å². The van der Waals surface area contributed by atoms with E-state index in [4.69, 9.17) is 0 Å². The Balaban J connectivity index is -0.00000128. The summed E-state index contributed by atoms with van der Waals surface area (Å²) in [7, 11) is 0. The summed E-state index contributed by atoms with van der Waals surface area (Å²) in [5.74, 6) is -0.198. The number of rotatable bonds is 9. The summed E-state index contributed by atoms with van der Waals surface area (Å²) in [5.41, 5.74) is 0. The molecule has 0 aromatic rings. The Hall–Kier alpha value is 0.580. The van der Waals surface area contributed by atoms with Gasteiger partial charge in [0, 0.05) is 0 Å². The molecule has 0 rings (SSSR count). The average molecular weight is 439 g/mol. The van der Waals surface area contributed by atoms with E-state index >= 15 is 0 Å². The summed E-state index contributed by atoms with van der Waals surface area (Å²) in [5, 5.41) is 0. The summed E-state index contributed by atoms with van der Waals surface area (Å²) in [4.78, 5) is 7.35. The molecular weight excluding hydrogens is 405 g/mol. The van der Waals surface area contributed by atoms with Crippen molar-refractivity contribution in [3.63, 3.8) is 0 Å². The van der Waals surface area contributed by atoms with Crippen molar-refractivity contribution in [3.05, 3.63) is 13.1 Å². The van der Waals surface area contributed by atoms with Gasteiger partial charge in [-0.1, -0.05) is 41.5 Å². The van der Waals surface area contributed by atoms with Gasteiger partial charge < -0.3 is 20.9 Å². The summed E-state index contributed by atoms with van der Waals surface area (Å²) in [6.07, 6.45) is 0. The Morgan fingerprint density at radius 3 is 0.895 bits per heavy atom. The van der Waals surface area contributed by atoms with Crippen LogP contribution in [0.15, 0.2) is 0 Å². The molecule has 19 heavy (non-hydrogen) atoms. The van der Waals surface area contributed by atoms with Gasteiger partial charge >= 0.3 is 22.4 Å². The third-order valence-corrected chi connectivity index (χ3v) is 3.81. The predicted octanol–water partition coefficient (Wildman–Crippen LogP) is 3.21. The second-order valence-corrected chi connectivity index (χ2v) is 4.29. The van der Waals surface area contributed by atoms with E-state index in [0.29, 0.717) is 0 Å². The van der Waals surface area contributed by atoms with Gasteiger partial charge in [0.05, 0.1) is 0 Å². The molecule has 0 unspecified atom stereocenters. The third kappa shape index (κ3) is 5.46. The fourth-order valence-corrected chi connectivity index (χ4v) is 2.79. The van der Waals surface area contributed by atoms with Crippen LogP contribution in [-0.4, -0.2) is 59.8 Å². The SMILES string of the molecule is [CH2-]C(N(CC)CC)(N(CC)CC)N(CC)CC.[NH2-].[Ta+2]. The molecule has 0 amide bonds. The second kappa shape index (κ2) is 12.3. The van der Waals surface area contributed by atoms with E-state index in [2.05, 4.69) is 63.2 Å². The van der Waals surface area contributed by atoms with Gasteiger partial charge in [-0.15, -0.1) is 0 Å². The van der Waals surface area contributed by atoms with Gasteiger partial charge in [-0.3, -0.25) is 6.92 Å². The zero-order valence-corrected chi connectivity index (χ0v) is 17.0. The Morgan fingerprint density at radius 2 is 0.789 bits per heavy atom. The molecular formula is C14H34N4Ta. The van der Waals surface area contributed by atoms with Crippen LogP contribution >= 0.6 is 0 Å². The van der Waals surface area contributed by atoms with Gasteiger partial charge in [0.15, 0.2) is 0 Å². The molecule has 0 saturated carbocycles. The van der Waals surface area contributed by atoms with Crippen molar-refractivity contribution in [1.82, 2.24) is 14.7 Å². The van der Waals surface area contributed by atoms with Crippen molar-refractivity contribution in [2.75, 3.05) is 39.3 Å². The quantitative estimate of drug-likeness (QED) is 0.409. The molecule has 0 spiro atoms.